The second-order valence-electron chi connectivity index (χ2n) is 3.86. The van der Waals surface area contributed by atoms with E-state index in [9.17, 15) is 18.0 Å². The molecule has 0 aliphatic heterocycles. The van der Waals surface area contributed by atoms with Crippen molar-refractivity contribution in [1.82, 2.24) is 4.90 Å². The van der Waals surface area contributed by atoms with E-state index in [0.29, 0.717) is 0 Å². The van der Waals surface area contributed by atoms with Crippen molar-refractivity contribution in [2.75, 3.05) is 26.4 Å². The molecule has 0 aliphatic carbocycles. The van der Waals surface area contributed by atoms with Gasteiger partial charge < -0.3 is 15.4 Å². The minimum atomic E-state index is -4.47. The molecule has 2 N–H and O–H groups in total. The SMILES string of the molecule is CN(C)C(=O)c1ccc(N)cc1OCC(F)(F)F. The van der Waals surface area contributed by atoms with Gasteiger partial charge in [-0.3, -0.25) is 4.79 Å². The molecule has 1 amide bonds. The highest BCUT2D eigenvalue weighted by molar-refractivity contribution is 5.97. The molecule has 4 nitrogen and oxygen atoms in total. The minimum absolute atomic E-state index is 0.0402. The monoisotopic (exact) mass is 262 g/mol. The van der Waals surface area contributed by atoms with Crippen molar-refractivity contribution in [2.24, 2.45) is 0 Å². The Bertz CT molecular complexity index is 444. The Kier molecular flexibility index (Phi) is 4.05. The van der Waals surface area contributed by atoms with Gasteiger partial charge in [-0.15, -0.1) is 0 Å². The van der Waals surface area contributed by atoms with E-state index in [4.69, 9.17) is 5.73 Å². The highest BCUT2D eigenvalue weighted by atomic mass is 19.4. The lowest BCUT2D eigenvalue weighted by Crippen LogP contribution is -2.24. The Morgan fingerprint density at radius 2 is 2.00 bits per heavy atom. The van der Waals surface area contributed by atoms with Gasteiger partial charge in [-0.25, -0.2) is 0 Å². The number of nitrogens with two attached hydrogens (primary N) is 1. The predicted octanol–water partition coefficient (Wildman–Crippen LogP) is 1.91. The predicted molar refractivity (Wildman–Crippen MR) is 60.4 cm³/mol. The number of rotatable bonds is 3. The summed E-state index contributed by atoms with van der Waals surface area (Å²) in [4.78, 5) is 13.0. The van der Waals surface area contributed by atoms with Gasteiger partial charge in [0.2, 0.25) is 0 Å². The van der Waals surface area contributed by atoms with E-state index in [1.807, 2.05) is 0 Å². The Morgan fingerprint density at radius 1 is 1.39 bits per heavy atom. The number of carbonyl (C=O) groups excluding carboxylic acids is 1. The molecule has 0 radical (unpaired) electrons. The van der Waals surface area contributed by atoms with Crippen LogP contribution in [0, 0.1) is 0 Å². The number of amides is 1. The Balaban J connectivity index is 3.01. The summed E-state index contributed by atoms with van der Waals surface area (Å²) in [7, 11) is 2.98. The molecular formula is C11H13F3N2O2. The zero-order chi connectivity index (χ0) is 13.9. The van der Waals surface area contributed by atoms with Crippen molar-refractivity contribution in [3.05, 3.63) is 23.8 Å². The third kappa shape index (κ3) is 3.83. The Labute approximate surface area is 102 Å². The van der Waals surface area contributed by atoms with Crippen molar-refractivity contribution < 1.29 is 22.7 Å². The van der Waals surface area contributed by atoms with Crippen LogP contribution in [0.5, 0.6) is 5.75 Å². The molecule has 7 heteroatoms. The van der Waals surface area contributed by atoms with Crippen LogP contribution < -0.4 is 10.5 Å². The summed E-state index contributed by atoms with van der Waals surface area (Å²) in [5, 5.41) is 0. The lowest BCUT2D eigenvalue weighted by Gasteiger charge is -2.16. The first-order valence-electron chi connectivity index (χ1n) is 5.01. The summed E-state index contributed by atoms with van der Waals surface area (Å²) >= 11 is 0. The van der Waals surface area contributed by atoms with Crippen LogP contribution in [0.3, 0.4) is 0 Å². The summed E-state index contributed by atoms with van der Waals surface area (Å²) in [6, 6.07) is 3.96. The van der Waals surface area contributed by atoms with Crippen LogP contribution in [0.15, 0.2) is 18.2 Å². The molecular weight excluding hydrogens is 249 g/mol. The van der Waals surface area contributed by atoms with Gasteiger partial charge in [0.15, 0.2) is 6.61 Å². The van der Waals surface area contributed by atoms with Crippen LogP contribution in [-0.4, -0.2) is 37.7 Å². The van der Waals surface area contributed by atoms with Gasteiger partial charge in [-0.05, 0) is 12.1 Å². The van der Waals surface area contributed by atoms with E-state index in [1.165, 1.54) is 37.2 Å². The number of nitrogen functional groups attached to an aromatic ring is 1. The second-order valence-corrected chi connectivity index (χ2v) is 3.86. The van der Waals surface area contributed by atoms with Gasteiger partial charge in [0.05, 0.1) is 5.56 Å². The molecule has 0 fully saturated rings. The largest absolute Gasteiger partial charge is 0.483 e. The second kappa shape index (κ2) is 5.16. The van der Waals surface area contributed by atoms with Crippen LogP contribution in [0.1, 0.15) is 10.4 Å². The van der Waals surface area contributed by atoms with Gasteiger partial charge >= 0.3 is 6.18 Å². The van der Waals surface area contributed by atoms with Crippen LogP contribution >= 0.6 is 0 Å². The average Bonchev–Trinajstić information content (AvgIpc) is 2.24. The van der Waals surface area contributed by atoms with Crippen molar-refractivity contribution >= 4 is 11.6 Å². The summed E-state index contributed by atoms with van der Waals surface area (Å²) in [6.07, 6.45) is -4.47. The molecule has 0 heterocycles. The molecule has 1 aromatic carbocycles. The first-order valence-corrected chi connectivity index (χ1v) is 5.01. The fourth-order valence-electron chi connectivity index (χ4n) is 1.24. The number of anilines is 1. The van der Waals surface area contributed by atoms with E-state index in [-0.39, 0.29) is 17.0 Å². The molecule has 1 aromatic rings. The molecule has 1 rings (SSSR count). The molecule has 0 aliphatic rings. The summed E-state index contributed by atoms with van der Waals surface area (Å²) in [5.74, 6) is -0.627. The highest BCUT2D eigenvalue weighted by Gasteiger charge is 2.29. The van der Waals surface area contributed by atoms with E-state index in [2.05, 4.69) is 4.74 Å². The molecule has 0 atom stereocenters. The average molecular weight is 262 g/mol. The first kappa shape index (κ1) is 14.1. The van der Waals surface area contributed by atoms with Gasteiger partial charge in [-0.1, -0.05) is 0 Å². The maximum Gasteiger partial charge on any atom is 0.422 e. The van der Waals surface area contributed by atoms with Crippen molar-refractivity contribution in [3.8, 4) is 5.75 Å². The van der Waals surface area contributed by atoms with Crippen molar-refractivity contribution in [1.29, 1.82) is 0 Å². The minimum Gasteiger partial charge on any atom is -0.483 e. The number of benzene rings is 1. The van der Waals surface area contributed by atoms with Gasteiger partial charge in [0.1, 0.15) is 5.75 Å². The number of alkyl halides is 3. The third-order valence-electron chi connectivity index (χ3n) is 2.03. The maximum atomic E-state index is 12.1. The molecule has 0 saturated carbocycles. The number of carbonyl (C=O) groups is 1. The lowest BCUT2D eigenvalue weighted by molar-refractivity contribution is -0.153. The first-order chi connectivity index (χ1) is 8.20. The van der Waals surface area contributed by atoms with Crippen LogP contribution in [-0.2, 0) is 0 Å². The quantitative estimate of drug-likeness (QED) is 0.846. The third-order valence-corrected chi connectivity index (χ3v) is 2.03. The topological polar surface area (TPSA) is 55.6 Å². The number of ether oxygens (including phenoxy) is 1. The number of hydrogen-bond acceptors (Lipinski definition) is 3. The van der Waals surface area contributed by atoms with Gasteiger partial charge in [0, 0.05) is 25.8 Å². The van der Waals surface area contributed by atoms with E-state index < -0.39 is 18.7 Å². The fourth-order valence-corrected chi connectivity index (χ4v) is 1.24. The standard InChI is InChI=1S/C11H13F3N2O2/c1-16(2)10(17)8-4-3-7(15)5-9(8)18-6-11(12,13)14/h3-5H,6,15H2,1-2H3. The highest BCUT2D eigenvalue weighted by Crippen LogP contribution is 2.25. The zero-order valence-corrected chi connectivity index (χ0v) is 9.91. The Morgan fingerprint density at radius 3 is 2.50 bits per heavy atom. The van der Waals surface area contributed by atoms with Crippen molar-refractivity contribution in [3.63, 3.8) is 0 Å². The van der Waals surface area contributed by atoms with E-state index >= 15 is 0 Å². The molecule has 18 heavy (non-hydrogen) atoms. The van der Waals surface area contributed by atoms with Crippen LogP contribution in [0.25, 0.3) is 0 Å². The van der Waals surface area contributed by atoms with Crippen LogP contribution in [0.2, 0.25) is 0 Å². The lowest BCUT2D eigenvalue weighted by atomic mass is 10.1. The number of halogens is 3. The molecule has 100 valence electrons. The normalized spacial score (nSPS) is 11.2. The van der Waals surface area contributed by atoms with Gasteiger partial charge in [-0.2, -0.15) is 13.2 Å². The van der Waals surface area contributed by atoms with E-state index in [0.717, 1.165) is 0 Å². The number of hydrogen-bond donors (Lipinski definition) is 1. The molecule has 0 bridgehead atoms. The smallest absolute Gasteiger partial charge is 0.422 e. The maximum absolute atomic E-state index is 12.1. The number of nitrogens with zero attached hydrogens (tertiary/aromatic N) is 1. The Hall–Kier alpha value is -1.92. The summed E-state index contributed by atoms with van der Waals surface area (Å²) < 4.78 is 40.8. The summed E-state index contributed by atoms with van der Waals surface area (Å²) in [5.41, 5.74) is 5.72. The molecule has 0 saturated heterocycles. The fraction of sp³-hybridized carbons (Fsp3) is 0.364. The molecule has 0 aromatic heterocycles. The zero-order valence-electron chi connectivity index (χ0n) is 9.91. The van der Waals surface area contributed by atoms with Gasteiger partial charge in [0.25, 0.3) is 5.91 Å². The molecule has 0 unspecified atom stereocenters. The van der Waals surface area contributed by atoms with E-state index in [1.54, 1.807) is 0 Å². The summed E-state index contributed by atoms with van der Waals surface area (Å²) in [6.45, 7) is -1.47. The van der Waals surface area contributed by atoms with Crippen molar-refractivity contribution in [2.45, 2.75) is 6.18 Å². The molecule has 0 spiro atoms. The van der Waals surface area contributed by atoms with Crippen LogP contribution in [0.4, 0.5) is 18.9 Å².